The van der Waals surface area contributed by atoms with Gasteiger partial charge in [0.25, 0.3) is 5.91 Å². The van der Waals surface area contributed by atoms with Crippen molar-refractivity contribution in [3.8, 4) is 0 Å². The molecule has 2 amide bonds. The third kappa shape index (κ3) is 3.44. The smallest absolute Gasteiger partial charge is 0.251 e. The quantitative estimate of drug-likeness (QED) is 0.744. The Labute approximate surface area is 151 Å². The fourth-order valence-electron chi connectivity index (χ4n) is 2.86. The maximum Gasteiger partial charge on any atom is 0.251 e. The Morgan fingerprint density at radius 1 is 1.19 bits per heavy atom. The van der Waals surface area contributed by atoms with E-state index in [4.69, 9.17) is 0 Å². The van der Waals surface area contributed by atoms with Crippen LogP contribution in [0.5, 0.6) is 0 Å². The van der Waals surface area contributed by atoms with Gasteiger partial charge in [-0.2, -0.15) is 0 Å². The minimum atomic E-state index is -0.168. The van der Waals surface area contributed by atoms with Gasteiger partial charge in [0, 0.05) is 29.6 Å². The van der Waals surface area contributed by atoms with E-state index >= 15 is 0 Å². The van der Waals surface area contributed by atoms with E-state index in [0.29, 0.717) is 17.8 Å². The van der Waals surface area contributed by atoms with Crippen LogP contribution in [0.1, 0.15) is 34.5 Å². The number of amides is 2. The normalized spacial score (nSPS) is 13.6. The Balaban J connectivity index is 1.37. The summed E-state index contributed by atoms with van der Waals surface area (Å²) in [5.41, 5.74) is 4.06. The van der Waals surface area contributed by atoms with Gasteiger partial charge < -0.3 is 15.0 Å². The van der Waals surface area contributed by atoms with Gasteiger partial charge in [0.05, 0.1) is 12.2 Å². The number of carbonyl (C=O) groups is 2. The molecule has 3 aromatic rings. The summed E-state index contributed by atoms with van der Waals surface area (Å²) in [5, 5.41) is 5.75. The molecule has 132 valence electrons. The summed E-state index contributed by atoms with van der Waals surface area (Å²) in [6.07, 6.45) is 5.79. The zero-order chi connectivity index (χ0) is 18.1. The SMILES string of the molecule is Cc1cccn2cc(CNC(=O)c3ccc(NC(=O)C4CC4)cc3)nc12. The number of aryl methyl sites for hydroxylation is 1. The van der Waals surface area contributed by atoms with Crippen molar-refractivity contribution in [2.24, 2.45) is 5.92 Å². The number of nitrogens with one attached hydrogen (secondary N) is 2. The van der Waals surface area contributed by atoms with Crippen LogP contribution in [-0.4, -0.2) is 21.2 Å². The number of nitrogens with zero attached hydrogens (tertiary/aromatic N) is 2. The summed E-state index contributed by atoms with van der Waals surface area (Å²) in [6, 6.07) is 10.9. The number of hydrogen-bond donors (Lipinski definition) is 2. The summed E-state index contributed by atoms with van der Waals surface area (Å²) >= 11 is 0. The molecular weight excluding hydrogens is 328 g/mol. The molecule has 2 aromatic heterocycles. The lowest BCUT2D eigenvalue weighted by atomic mass is 10.2. The molecule has 1 saturated carbocycles. The molecule has 0 aliphatic heterocycles. The number of aromatic nitrogens is 2. The number of carbonyl (C=O) groups excluding carboxylic acids is 2. The number of fused-ring (bicyclic) bond motifs is 1. The van der Waals surface area contributed by atoms with E-state index in [1.54, 1.807) is 24.3 Å². The van der Waals surface area contributed by atoms with Gasteiger partial charge in [0.2, 0.25) is 5.91 Å². The Morgan fingerprint density at radius 3 is 2.65 bits per heavy atom. The third-order valence-electron chi connectivity index (χ3n) is 4.52. The summed E-state index contributed by atoms with van der Waals surface area (Å²) in [5.74, 6) is 0.0511. The zero-order valence-corrected chi connectivity index (χ0v) is 14.5. The van der Waals surface area contributed by atoms with Crippen LogP contribution in [0.3, 0.4) is 0 Å². The minimum Gasteiger partial charge on any atom is -0.346 e. The third-order valence-corrected chi connectivity index (χ3v) is 4.52. The van der Waals surface area contributed by atoms with Gasteiger partial charge in [-0.15, -0.1) is 0 Å². The fraction of sp³-hybridized carbons (Fsp3) is 0.250. The molecule has 0 radical (unpaired) electrons. The molecule has 1 fully saturated rings. The van der Waals surface area contributed by atoms with E-state index in [1.807, 2.05) is 35.9 Å². The van der Waals surface area contributed by atoms with Crippen LogP contribution in [0.4, 0.5) is 5.69 Å². The summed E-state index contributed by atoms with van der Waals surface area (Å²) in [7, 11) is 0. The number of benzene rings is 1. The van der Waals surface area contributed by atoms with Crippen LogP contribution in [0.25, 0.3) is 5.65 Å². The van der Waals surface area contributed by atoms with E-state index in [-0.39, 0.29) is 17.7 Å². The molecule has 0 spiro atoms. The zero-order valence-electron chi connectivity index (χ0n) is 14.5. The van der Waals surface area contributed by atoms with Gasteiger partial charge in [-0.25, -0.2) is 4.98 Å². The summed E-state index contributed by atoms with van der Waals surface area (Å²) in [6.45, 7) is 2.37. The number of pyridine rings is 1. The van der Waals surface area contributed by atoms with Gasteiger partial charge in [0.1, 0.15) is 5.65 Å². The molecule has 1 aliphatic carbocycles. The molecule has 1 aliphatic rings. The largest absolute Gasteiger partial charge is 0.346 e. The van der Waals surface area contributed by atoms with E-state index in [1.165, 1.54) is 0 Å². The first-order valence-corrected chi connectivity index (χ1v) is 8.72. The van der Waals surface area contributed by atoms with E-state index in [9.17, 15) is 9.59 Å². The Morgan fingerprint density at radius 2 is 1.96 bits per heavy atom. The first-order valence-electron chi connectivity index (χ1n) is 8.72. The molecule has 6 heteroatoms. The van der Waals surface area contributed by atoms with Gasteiger partial charge in [-0.3, -0.25) is 9.59 Å². The molecule has 6 nitrogen and oxygen atoms in total. The predicted molar refractivity (Wildman–Crippen MR) is 98.9 cm³/mol. The van der Waals surface area contributed by atoms with Crippen LogP contribution >= 0.6 is 0 Å². The maximum absolute atomic E-state index is 12.3. The van der Waals surface area contributed by atoms with Crippen LogP contribution in [0.2, 0.25) is 0 Å². The predicted octanol–water partition coefficient (Wildman–Crippen LogP) is 2.92. The lowest BCUT2D eigenvalue weighted by molar-refractivity contribution is -0.117. The second kappa shape index (κ2) is 6.63. The van der Waals surface area contributed by atoms with Crippen molar-refractivity contribution in [1.82, 2.24) is 14.7 Å². The van der Waals surface area contributed by atoms with Crippen LogP contribution in [0.15, 0.2) is 48.8 Å². The molecule has 2 N–H and O–H groups in total. The van der Waals surface area contributed by atoms with E-state index in [2.05, 4.69) is 15.6 Å². The van der Waals surface area contributed by atoms with Crippen LogP contribution in [-0.2, 0) is 11.3 Å². The molecular formula is C20H20N4O2. The average molecular weight is 348 g/mol. The highest BCUT2D eigenvalue weighted by Gasteiger charge is 2.29. The Kier molecular flexibility index (Phi) is 4.16. The van der Waals surface area contributed by atoms with Crippen molar-refractivity contribution in [2.75, 3.05) is 5.32 Å². The summed E-state index contributed by atoms with van der Waals surface area (Å²) in [4.78, 5) is 28.6. The Hall–Kier alpha value is -3.15. The molecule has 4 rings (SSSR count). The van der Waals surface area contributed by atoms with Gasteiger partial charge in [-0.1, -0.05) is 6.07 Å². The number of imidazole rings is 1. The van der Waals surface area contributed by atoms with E-state index in [0.717, 1.165) is 29.7 Å². The van der Waals surface area contributed by atoms with Crippen molar-refractivity contribution in [2.45, 2.75) is 26.3 Å². The second-order valence-corrected chi connectivity index (χ2v) is 6.68. The van der Waals surface area contributed by atoms with Crippen molar-refractivity contribution in [1.29, 1.82) is 0 Å². The van der Waals surface area contributed by atoms with Gasteiger partial charge in [0.15, 0.2) is 0 Å². The van der Waals surface area contributed by atoms with E-state index < -0.39 is 0 Å². The van der Waals surface area contributed by atoms with Crippen molar-refractivity contribution in [3.05, 3.63) is 65.6 Å². The Bertz CT molecular complexity index is 971. The molecule has 0 unspecified atom stereocenters. The summed E-state index contributed by atoms with van der Waals surface area (Å²) < 4.78 is 1.95. The average Bonchev–Trinajstić information content (AvgIpc) is 3.41. The number of hydrogen-bond acceptors (Lipinski definition) is 3. The molecule has 0 atom stereocenters. The molecule has 1 aromatic carbocycles. The lowest BCUT2D eigenvalue weighted by Crippen LogP contribution is -2.23. The monoisotopic (exact) mass is 348 g/mol. The van der Waals surface area contributed by atoms with Gasteiger partial charge >= 0.3 is 0 Å². The van der Waals surface area contributed by atoms with Gasteiger partial charge in [-0.05, 0) is 55.7 Å². The first-order chi connectivity index (χ1) is 12.6. The lowest BCUT2D eigenvalue weighted by Gasteiger charge is -2.06. The van der Waals surface area contributed by atoms with Crippen LogP contribution in [0, 0.1) is 12.8 Å². The number of anilines is 1. The highest BCUT2D eigenvalue weighted by molar-refractivity contribution is 5.96. The topological polar surface area (TPSA) is 75.5 Å². The van der Waals surface area contributed by atoms with Crippen molar-refractivity contribution in [3.63, 3.8) is 0 Å². The molecule has 0 bridgehead atoms. The highest BCUT2D eigenvalue weighted by atomic mass is 16.2. The first kappa shape index (κ1) is 16.3. The number of rotatable bonds is 5. The highest BCUT2D eigenvalue weighted by Crippen LogP contribution is 2.30. The van der Waals surface area contributed by atoms with Crippen LogP contribution < -0.4 is 10.6 Å². The standard InChI is InChI=1S/C20H20N4O2/c1-13-3-2-10-24-12-17(22-18(13)24)11-21-19(25)14-6-8-16(9-7-14)23-20(26)15-4-5-15/h2-3,6-10,12,15H,4-5,11H2,1H3,(H,21,25)(H,23,26). The fourth-order valence-corrected chi connectivity index (χ4v) is 2.86. The maximum atomic E-state index is 12.3. The minimum absolute atomic E-state index is 0.0596. The molecule has 26 heavy (non-hydrogen) atoms. The van der Waals surface area contributed by atoms with Crippen molar-refractivity contribution < 1.29 is 9.59 Å². The second-order valence-electron chi connectivity index (χ2n) is 6.68. The molecule has 0 saturated heterocycles. The molecule has 2 heterocycles. The van der Waals surface area contributed by atoms with Crippen molar-refractivity contribution >= 4 is 23.1 Å².